The van der Waals surface area contributed by atoms with Crippen LogP contribution in [-0.2, 0) is 14.3 Å². The fourth-order valence-electron chi connectivity index (χ4n) is 2.71. The van der Waals surface area contributed by atoms with Gasteiger partial charge < -0.3 is 15.0 Å². The van der Waals surface area contributed by atoms with E-state index in [1.165, 1.54) is 0 Å². The lowest BCUT2D eigenvalue weighted by Crippen LogP contribution is -2.50. The van der Waals surface area contributed by atoms with E-state index < -0.39 is 0 Å². The zero-order valence-electron chi connectivity index (χ0n) is 13.1. The Kier molecular flexibility index (Phi) is 6.99. The van der Waals surface area contributed by atoms with Gasteiger partial charge in [0.05, 0.1) is 12.6 Å². The number of hydrogen-bond acceptors (Lipinski definition) is 3. The van der Waals surface area contributed by atoms with Crippen LogP contribution >= 0.6 is 0 Å². The monoisotopic (exact) mass is 284 g/mol. The molecule has 2 atom stereocenters. The van der Waals surface area contributed by atoms with Crippen molar-refractivity contribution >= 4 is 11.8 Å². The van der Waals surface area contributed by atoms with E-state index in [-0.39, 0.29) is 23.9 Å². The molecule has 116 valence electrons. The second-order valence-corrected chi connectivity index (χ2v) is 5.93. The Bertz CT molecular complexity index is 325. The van der Waals surface area contributed by atoms with Gasteiger partial charge in [-0.1, -0.05) is 27.2 Å². The van der Waals surface area contributed by atoms with Crippen LogP contribution in [0.5, 0.6) is 0 Å². The Hall–Kier alpha value is -1.10. The third kappa shape index (κ3) is 4.78. The summed E-state index contributed by atoms with van der Waals surface area (Å²) in [5, 5.41) is 2.86. The maximum absolute atomic E-state index is 12.7. The molecule has 2 unspecified atom stereocenters. The summed E-state index contributed by atoms with van der Waals surface area (Å²) in [4.78, 5) is 26.3. The predicted octanol–water partition coefficient (Wildman–Crippen LogP) is 1.56. The van der Waals surface area contributed by atoms with E-state index in [0.29, 0.717) is 31.9 Å². The van der Waals surface area contributed by atoms with Crippen LogP contribution in [0.4, 0.5) is 0 Å². The minimum atomic E-state index is -0.388. The topological polar surface area (TPSA) is 58.6 Å². The maximum Gasteiger partial charge on any atom is 0.245 e. The van der Waals surface area contributed by atoms with Crippen molar-refractivity contribution in [3.05, 3.63) is 0 Å². The average molecular weight is 284 g/mol. The van der Waals surface area contributed by atoms with E-state index in [1.807, 2.05) is 4.90 Å². The molecule has 0 radical (unpaired) electrons. The molecule has 20 heavy (non-hydrogen) atoms. The highest BCUT2D eigenvalue weighted by atomic mass is 16.5. The molecule has 1 fully saturated rings. The molecular weight excluding hydrogens is 256 g/mol. The minimum Gasteiger partial charge on any atom is -0.383 e. The molecule has 0 aromatic rings. The molecule has 1 N–H and O–H groups in total. The average Bonchev–Trinajstić information content (AvgIpc) is 2.49. The molecule has 1 aliphatic rings. The van der Waals surface area contributed by atoms with Gasteiger partial charge in [-0.15, -0.1) is 0 Å². The van der Waals surface area contributed by atoms with E-state index in [9.17, 15) is 9.59 Å². The first kappa shape index (κ1) is 17.0. The zero-order valence-corrected chi connectivity index (χ0v) is 13.1. The van der Waals surface area contributed by atoms with Gasteiger partial charge in [-0.05, 0) is 18.8 Å². The van der Waals surface area contributed by atoms with Gasteiger partial charge >= 0.3 is 0 Å². The molecule has 0 bridgehead atoms. The van der Waals surface area contributed by atoms with Gasteiger partial charge in [0, 0.05) is 20.1 Å². The van der Waals surface area contributed by atoms with Crippen molar-refractivity contribution in [3.63, 3.8) is 0 Å². The highest BCUT2D eigenvalue weighted by Gasteiger charge is 2.33. The van der Waals surface area contributed by atoms with Crippen LogP contribution in [0.1, 0.15) is 46.5 Å². The van der Waals surface area contributed by atoms with Crippen LogP contribution in [-0.4, -0.2) is 49.1 Å². The Morgan fingerprint density at radius 3 is 2.65 bits per heavy atom. The van der Waals surface area contributed by atoms with Crippen LogP contribution in [0.15, 0.2) is 0 Å². The molecule has 0 aromatic heterocycles. The summed E-state index contributed by atoms with van der Waals surface area (Å²) >= 11 is 0. The van der Waals surface area contributed by atoms with Crippen LogP contribution in [0.2, 0.25) is 0 Å². The fourth-order valence-corrected chi connectivity index (χ4v) is 2.71. The predicted molar refractivity (Wildman–Crippen MR) is 78.3 cm³/mol. The summed E-state index contributed by atoms with van der Waals surface area (Å²) < 4.78 is 5.24. The summed E-state index contributed by atoms with van der Waals surface area (Å²) in [6.45, 7) is 7.25. The molecule has 1 rings (SSSR count). The maximum atomic E-state index is 12.7. The number of carbonyl (C=O) groups is 2. The lowest BCUT2D eigenvalue weighted by Gasteiger charge is -2.32. The van der Waals surface area contributed by atoms with Gasteiger partial charge in [-0.2, -0.15) is 0 Å². The molecule has 0 aromatic carbocycles. The van der Waals surface area contributed by atoms with Gasteiger partial charge in [0.15, 0.2) is 0 Å². The van der Waals surface area contributed by atoms with Crippen LogP contribution in [0, 0.1) is 5.92 Å². The quantitative estimate of drug-likeness (QED) is 0.772. The Morgan fingerprint density at radius 1 is 1.40 bits per heavy atom. The first-order chi connectivity index (χ1) is 9.49. The fraction of sp³-hybridized carbons (Fsp3) is 0.867. The van der Waals surface area contributed by atoms with Crippen molar-refractivity contribution in [1.82, 2.24) is 10.2 Å². The number of rotatable bonds is 7. The summed E-state index contributed by atoms with van der Waals surface area (Å²) in [7, 11) is 1.65. The third-order valence-corrected chi connectivity index (χ3v) is 3.62. The van der Waals surface area contributed by atoms with Crippen molar-refractivity contribution in [2.24, 2.45) is 5.92 Å². The number of hydrogen-bond donors (Lipinski definition) is 1. The zero-order chi connectivity index (χ0) is 15.1. The second-order valence-electron chi connectivity index (χ2n) is 5.93. The number of amides is 2. The molecule has 2 amide bonds. The first-order valence-corrected chi connectivity index (χ1v) is 7.58. The van der Waals surface area contributed by atoms with Crippen LogP contribution < -0.4 is 5.32 Å². The number of ether oxygens (including phenoxy) is 1. The second kappa shape index (κ2) is 8.25. The minimum absolute atomic E-state index is 0.0286. The van der Waals surface area contributed by atoms with Crippen molar-refractivity contribution in [2.75, 3.05) is 20.3 Å². The largest absolute Gasteiger partial charge is 0.383 e. The highest BCUT2D eigenvalue weighted by molar-refractivity contribution is 5.90. The first-order valence-electron chi connectivity index (χ1n) is 7.58. The molecule has 1 heterocycles. The molecule has 1 aliphatic heterocycles. The molecule has 0 saturated carbocycles. The Labute approximate surface area is 122 Å². The van der Waals surface area contributed by atoms with Crippen molar-refractivity contribution < 1.29 is 14.3 Å². The van der Waals surface area contributed by atoms with Crippen molar-refractivity contribution in [3.8, 4) is 0 Å². The summed E-state index contributed by atoms with van der Waals surface area (Å²) in [5.74, 6) is 0.385. The third-order valence-electron chi connectivity index (χ3n) is 3.62. The normalized spacial score (nSPS) is 21.9. The Morgan fingerprint density at radius 2 is 2.10 bits per heavy atom. The number of carbonyl (C=O) groups excluding carboxylic acids is 2. The van der Waals surface area contributed by atoms with E-state index in [4.69, 9.17) is 4.74 Å². The van der Waals surface area contributed by atoms with E-state index in [2.05, 4.69) is 26.1 Å². The van der Waals surface area contributed by atoms with Gasteiger partial charge in [-0.25, -0.2) is 0 Å². The SMILES string of the molecule is CCCC(COC)N1CCC(=O)NC(CC(C)C)C1=O. The Balaban J connectivity index is 2.86. The molecule has 1 saturated heterocycles. The summed E-state index contributed by atoms with van der Waals surface area (Å²) in [6, 6.07) is -0.318. The molecular formula is C15H28N2O3. The van der Waals surface area contributed by atoms with E-state index >= 15 is 0 Å². The van der Waals surface area contributed by atoms with Crippen LogP contribution in [0.25, 0.3) is 0 Å². The molecule has 0 aliphatic carbocycles. The summed E-state index contributed by atoms with van der Waals surface area (Å²) in [5.41, 5.74) is 0. The van der Waals surface area contributed by atoms with E-state index in [0.717, 1.165) is 12.8 Å². The molecule has 0 spiro atoms. The smallest absolute Gasteiger partial charge is 0.245 e. The summed E-state index contributed by atoms with van der Waals surface area (Å²) in [6.07, 6.45) is 2.97. The van der Waals surface area contributed by atoms with E-state index in [1.54, 1.807) is 7.11 Å². The lowest BCUT2D eigenvalue weighted by molar-refractivity contribution is -0.137. The van der Waals surface area contributed by atoms with Gasteiger partial charge in [0.25, 0.3) is 0 Å². The van der Waals surface area contributed by atoms with Gasteiger partial charge in [0.2, 0.25) is 11.8 Å². The van der Waals surface area contributed by atoms with Crippen molar-refractivity contribution in [2.45, 2.75) is 58.5 Å². The highest BCUT2D eigenvalue weighted by Crippen LogP contribution is 2.17. The lowest BCUT2D eigenvalue weighted by atomic mass is 10.0. The molecule has 5 heteroatoms. The van der Waals surface area contributed by atoms with Gasteiger partial charge in [0.1, 0.15) is 6.04 Å². The molecule has 5 nitrogen and oxygen atoms in total. The number of nitrogens with zero attached hydrogens (tertiary/aromatic N) is 1. The standard InChI is InChI=1S/C15H28N2O3/c1-5-6-12(10-20-4)17-8-7-14(18)16-13(15(17)19)9-11(2)3/h11-13H,5-10H2,1-4H3,(H,16,18). The number of nitrogens with one attached hydrogen (secondary N) is 1. The van der Waals surface area contributed by atoms with Crippen LogP contribution in [0.3, 0.4) is 0 Å². The van der Waals surface area contributed by atoms with Gasteiger partial charge in [-0.3, -0.25) is 9.59 Å². The van der Waals surface area contributed by atoms with Crippen molar-refractivity contribution in [1.29, 1.82) is 0 Å². The number of methoxy groups -OCH3 is 1.